The fourth-order valence-electron chi connectivity index (χ4n) is 3.26. The van der Waals surface area contributed by atoms with E-state index < -0.39 is 0 Å². The van der Waals surface area contributed by atoms with Crippen LogP contribution in [0, 0.1) is 0 Å². The van der Waals surface area contributed by atoms with Crippen LogP contribution in [0.15, 0.2) is 28.7 Å². The van der Waals surface area contributed by atoms with E-state index >= 15 is 0 Å². The fourth-order valence-corrected chi connectivity index (χ4v) is 3.65. The highest BCUT2D eigenvalue weighted by atomic mass is 79.9. The van der Waals surface area contributed by atoms with E-state index in [1.165, 1.54) is 17.7 Å². The molecule has 0 unspecified atom stereocenters. The van der Waals surface area contributed by atoms with Gasteiger partial charge in [-0.15, -0.1) is 0 Å². The summed E-state index contributed by atoms with van der Waals surface area (Å²) >= 11 is 3.52. The van der Waals surface area contributed by atoms with Gasteiger partial charge in [-0.05, 0) is 50.3 Å². The molecule has 2 aliphatic rings. The third kappa shape index (κ3) is 2.28. The van der Waals surface area contributed by atoms with Gasteiger partial charge in [-0.2, -0.15) is 5.10 Å². The Labute approximate surface area is 138 Å². The zero-order valence-electron chi connectivity index (χ0n) is 12.4. The summed E-state index contributed by atoms with van der Waals surface area (Å²) < 4.78 is 3.01. The fraction of sp³-hybridized carbons (Fsp3) is 0.412. The predicted molar refractivity (Wildman–Crippen MR) is 88.4 cm³/mol. The normalized spacial score (nSPS) is 17.0. The van der Waals surface area contributed by atoms with E-state index in [1.54, 1.807) is 0 Å². The van der Waals surface area contributed by atoms with Crippen molar-refractivity contribution < 1.29 is 4.79 Å². The van der Waals surface area contributed by atoms with Crippen LogP contribution in [0.3, 0.4) is 0 Å². The van der Waals surface area contributed by atoms with Gasteiger partial charge in [-0.1, -0.05) is 22.0 Å². The molecule has 0 spiro atoms. The molecule has 0 atom stereocenters. The van der Waals surface area contributed by atoms with Gasteiger partial charge in [0.15, 0.2) is 5.69 Å². The van der Waals surface area contributed by atoms with Crippen LogP contribution in [0.1, 0.15) is 41.0 Å². The molecule has 2 heterocycles. The first kappa shape index (κ1) is 14.0. The summed E-state index contributed by atoms with van der Waals surface area (Å²) in [5.74, 6) is 0.109. The first-order valence-corrected chi connectivity index (χ1v) is 8.69. The Hall–Kier alpha value is -1.62. The minimum atomic E-state index is 0.109. The summed E-state index contributed by atoms with van der Waals surface area (Å²) in [5.41, 5.74) is 4.08. The number of hydrogen-bond donors (Lipinski definition) is 0. The molecule has 114 valence electrons. The minimum Gasteiger partial charge on any atom is -0.337 e. The van der Waals surface area contributed by atoms with Gasteiger partial charge in [0.25, 0.3) is 5.91 Å². The minimum absolute atomic E-state index is 0.109. The Bertz CT molecular complexity index is 734. The number of hydrogen-bond acceptors (Lipinski definition) is 2. The number of likely N-dealkylation sites (tertiary alicyclic amines) is 1. The second-order valence-electron chi connectivity index (χ2n) is 6.02. The molecule has 1 aliphatic heterocycles. The Morgan fingerprint density at radius 3 is 2.68 bits per heavy atom. The van der Waals surface area contributed by atoms with Crippen LogP contribution >= 0.6 is 15.9 Å². The van der Waals surface area contributed by atoms with E-state index in [9.17, 15) is 4.79 Å². The molecule has 0 saturated carbocycles. The first-order chi connectivity index (χ1) is 10.7. The van der Waals surface area contributed by atoms with E-state index in [0.29, 0.717) is 5.69 Å². The predicted octanol–water partition coefficient (Wildman–Crippen LogP) is 3.36. The molecule has 1 aliphatic carbocycles. The van der Waals surface area contributed by atoms with E-state index in [4.69, 9.17) is 5.10 Å². The zero-order valence-corrected chi connectivity index (χ0v) is 14.0. The van der Waals surface area contributed by atoms with Gasteiger partial charge in [0, 0.05) is 28.8 Å². The topological polar surface area (TPSA) is 38.1 Å². The molecule has 2 aromatic rings. The molecule has 0 radical (unpaired) electrons. The molecular formula is C17H18BrN3O. The van der Waals surface area contributed by atoms with Crippen molar-refractivity contribution in [3.63, 3.8) is 0 Å². The van der Waals surface area contributed by atoms with Crippen LogP contribution in [0.2, 0.25) is 0 Å². The van der Waals surface area contributed by atoms with Crippen molar-refractivity contribution in [2.45, 2.75) is 32.1 Å². The zero-order chi connectivity index (χ0) is 15.1. The third-order valence-electron chi connectivity index (χ3n) is 4.58. The van der Waals surface area contributed by atoms with Crippen molar-refractivity contribution in [1.82, 2.24) is 14.7 Å². The number of rotatable bonds is 2. The number of amides is 1. The second-order valence-corrected chi connectivity index (χ2v) is 6.93. The third-order valence-corrected chi connectivity index (χ3v) is 5.07. The number of benzene rings is 1. The van der Waals surface area contributed by atoms with Gasteiger partial charge in [0.2, 0.25) is 0 Å². The van der Waals surface area contributed by atoms with Gasteiger partial charge < -0.3 is 4.90 Å². The summed E-state index contributed by atoms with van der Waals surface area (Å²) in [6, 6.07) is 8.11. The average Bonchev–Trinajstić information content (AvgIpc) is 2.85. The second kappa shape index (κ2) is 5.54. The quantitative estimate of drug-likeness (QED) is 0.824. The number of carbonyl (C=O) groups is 1. The molecule has 4 nitrogen and oxygen atoms in total. The maximum Gasteiger partial charge on any atom is 0.274 e. The summed E-state index contributed by atoms with van der Waals surface area (Å²) in [6.07, 6.45) is 5.40. The van der Waals surface area contributed by atoms with E-state index in [2.05, 4.69) is 22.0 Å². The maximum atomic E-state index is 12.7. The van der Waals surface area contributed by atoms with Crippen molar-refractivity contribution in [2.24, 2.45) is 0 Å². The molecule has 0 bridgehead atoms. The molecule has 1 aromatic heterocycles. The standard InChI is InChI=1S/C17H18BrN3O/c18-12-5-3-6-13(11-12)21-15-8-2-1-7-14(15)16(19-21)17(22)20-9-4-10-20/h3,5-6,11H,1-2,4,7-10H2. The number of nitrogens with zero attached hydrogens (tertiary/aromatic N) is 3. The van der Waals surface area contributed by atoms with E-state index in [1.807, 2.05) is 27.8 Å². The van der Waals surface area contributed by atoms with Crippen LogP contribution in [-0.2, 0) is 12.8 Å². The maximum absolute atomic E-state index is 12.7. The van der Waals surface area contributed by atoms with Crippen molar-refractivity contribution in [2.75, 3.05) is 13.1 Å². The number of aromatic nitrogens is 2. The van der Waals surface area contributed by atoms with Crippen molar-refractivity contribution in [3.05, 3.63) is 45.7 Å². The Kier molecular flexibility index (Phi) is 3.53. The van der Waals surface area contributed by atoms with Crippen molar-refractivity contribution >= 4 is 21.8 Å². The first-order valence-electron chi connectivity index (χ1n) is 7.90. The van der Waals surface area contributed by atoms with Crippen LogP contribution < -0.4 is 0 Å². The molecule has 0 N–H and O–H groups in total. The Balaban J connectivity index is 1.81. The lowest BCUT2D eigenvalue weighted by molar-refractivity contribution is 0.0644. The monoisotopic (exact) mass is 359 g/mol. The number of fused-ring (bicyclic) bond motifs is 1. The van der Waals surface area contributed by atoms with E-state index in [0.717, 1.165) is 48.9 Å². The Morgan fingerprint density at radius 2 is 1.95 bits per heavy atom. The highest BCUT2D eigenvalue weighted by molar-refractivity contribution is 9.10. The largest absolute Gasteiger partial charge is 0.337 e. The lowest BCUT2D eigenvalue weighted by Gasteiger charge is -2.30. The molecule has 1 amide bonds. The highest BCUT2D eigenvalue weighted by Gasteiger charge is 2.30. The average molecular weight is 360 g/mol. The van der Waals surface area contributed by atoms with Gasteiger partial charge >= 0.3 is 0 Å². The highest BCUT2D eigenvalue weighted by Crippen LogP contribution is 2.29. The van der Waals surface area contributed by atoms with Crippen LogP contribution in [0.4, 0.5) is 0 Å². The van der Waals surface area contributed by atoms with Gasteiger partial charge in [0.05, 0.1) is 5.69 Å². The van der Waals surface area contributed by atoms with Crippen molar-refractivity contribution in [1.29, 1.82) is 0 Å². The smallest absolute Gasteiger partial charge is 0.274 e. The summed E-state index contributed by atoms with van der Waals surface area (Å²) in [7, 11) is 0. The van der Waals surface area contributed by atoms with Crippen LogP contribution in [-0.4, -0.2) is 33.7 Å². The van der Waals surface area contributed by atoms with Gasteiger partial charge in [0.1, 0.15) is 0 Å². The molecule has 1 fully saturated rings. The number of carbonyl (C=O) groups excluding carboxylic acids is 1. The molecule has 4 rings (SSSR count). The van der Waals surface area contributed by atoms with Gasteiger partial charge in [-0.3, -0.25) is 4.79 Å². The Morgan fingerprint density at radius 1 is 1.14 bits per heavy atom. The van der Waals surface area contributed by atoms with Crippen LogP contribution in [0.5, 0.6) is 0 Å². The van der Waals surface area contributed by atoms with Gasteiger partial charge in [-0.25, -0.2) is 4.68 Å². The lowest BCUT2D eigenvalue weighted by Crippen LogP contribution is -2.42. The summed E-state index contributed by atoms with van der Waals surface area (Å²) in [4.78, 5) is 14.6. The van der Waals surface area contributed by atoms with Crippen molar-refractivity contribution in [3.8, 4) is 5.69 Å². The SMILES string of the molecule is O=C(c1nn(-c2cccc(Br)c2)c2c1CCCC2)N1CCC1. The molecule has 22 heavy (non-hydrogen) atoms. The van der Waals surface area contributed by atoms with Crippen LogP contribution in [0.25, 0.3) is 5.69 Å². The van der Waals surface area contributed by atoms with E-state index in [-0.39, 0.29) is 5.91 Å². The summed E-state index contributed by atoms with van der Waals surface area (Å²) in [5, 5.41) is 4.71. The summed E-state index contributed by atoms with van der Waals surface area (Å²) in [6.45, 7) is 1.74. The lowest BCUT2D eigenvalue weighted by atomic mass is 9.95. The molecule has 1 aromatic carbocycles. The molecule has 5 heteroatoms. The number of halogens is 1. The molecule has 1 saturated heterocycles. The molecular weight excluding hydrogens is 342 g/mol.